The number of ether oxygens (including phenoxy) is 1. The molecule has 1 aromatic heterocycles. The Bertz CT molecular complexity index is 418. The Labute approximate surface area is 131 Å². The molecule has 1 aromatic rings. The first-order valence-electron chi connectivity index (χ1n) is 7.13. The van der Waals surface area contributed by atoms with Gasteiger partial charge in [0.1, 0.15) is 6.04 Å². The summed E-state index contributed by atoms with van der Waals surface area (Å²) in [5.74, 6) is -0.0116. The van der Waals surface area contributed by atoms with E-state index in [9.17, 15) is 4.79 Å². The molecule has 3 nitrogen and oxygen atoms in total. The minimum absolute atomic E-state index is 0.332. The van der Waals surface area contributed by atoms with Crippen LogP contribution in [0.5, 0.6) is 0 Å². The second-order valence-electron chi connectivity index (χ2n) is 5.06. The van der Waals surface area contributed by atoms with Crippen molar-refractivity contribution >= 4 is 29.9 Å². The summed E-state index contributed by atoms with van der Waals surface area (Å²) in [7, 11) is 0. The number of hydrogen-bond donors (Lipinski definition) is 2. The molecule has 0 bridgehead atoms. The molecule has 0 aliphatic heterocycles. The quantitative estimate of drug-likeness (QED) is 0.418. The topological polar surface area (TPSA) is 52.3 Å². The third kappa shape index (κ3) is 6.29. The van der Waals surface area contributed by atoms with Gasteiger partial charge in [-0.15, -0.1) is 11.3 Å². The maximum Gasteiger partial charge on any atom is 0.323 e. The van der Waals surface area contributed by atoms with Crippen LogP contribution in [0.1, 0.15) is 41.0 Å². The third-order valence-corrected chi connectivity index (χ3v) is 4.63. The van der Waals surface area contributed by atoms with E-state index in [4.69, 9.17) is 10.5 Å². The Balaban J connectivity index is 2.03. The van der Waals surface area contributed by atoms with E-state index in [0.717, 1.165) is 19.3 Å². The van der Waals surface area contributed by atoms with Gasteiger partial charge in [-0.25, -0.2) is 0 Å². The van der Waals surface area contributed by atoms with Gasteiger partial charge in [-0.1, -0.05) is 12.8 Å². The third-order valence-electron chi connectivity index (χ3n) is 3.23. The average molecular weight is 316 g/mol. The lowest BCUT2D eigenvalue weighted by Crippen LogP contribution is -2.34. The lowest BCUT2D eigenvalue weighted by Gasteiger charge is -2.08. The number of nitrogens with two attached hydrogens (primary N) is 1. The monoisotopic (exact) mass is 315 g/mol. The summed E-state index contributed by atoms with van der Waals surface area (Å²) in [6, 6.07) is 1.70. The van der Waals surface area contributed by atoms with E-state index in [-0.39, 0.29) is 5.97 Å². The first-order valence-corrected chi connectivity index (χ1v) is 8.58. The van der Waals surface area contributed by atoms with Gasteiger partial charge in [-0.2, -0.15) is 12.6 Å². The van der Waals surface area contributed by atoms with Crippen LogP contribution < -0.4 is 5.73 Å². The number of unbranched alkanes of at least 4 members (excludes halogenated alkanes) is 3. The maximum atomic E-state index is 11.3. The molecule has 0 aliphatic rings. The Morgan fingerprint density at radius 2 is 2.05 bits per heavy atom. The first-order chi connectivity index (χ1) is 9.54. The van der Waals surface area contributed by atoms with E-state index < -0.39 is 6.04 Å². The molecule has 20 heavy (non-hydrogen) atoms. The number of hydrogen-bond acceptors (Lipinski definition) is 5. The SMILES string of the molecule is Cc1cc(CCCCCCOC(=O)C(N)CS)c(C)s1. The Morgan fingerprint density at radius 3 is 2.65 bits per heavy atom. The van der Waals surface area contributed by atoms with Crippen molar-refractivity contribution in [1.82, 2.24) is 0 Å². The van der Waals surface area contributed by atoms with Gasteiger partial charge in [-0.3, -0.25) is 4.79 Å². The molecule has 0 spiro atoms. The first kappa shape index (κ1) is 17.5. The van der Waals surface area contributed by atoms with Crippen LogP contribution in [0.25, 0.3) is 0 Å². The van der Waals surface area contributed by atoms with Crippen molar-refractivity contribution in [3.05, 3.63) is 21.4 Å². The zero-order valence-electron chi connectivity index (χ0n) is 12.4. The van der Waals surface area contributed by atoms with Crippen LogP contribution in [-0.2, 0) is 16.0 Å². The van der Waals surface area contributed by atoms with Gasteiger partial charge in [0.05, 0.1) is 6.61 Å². The molecule has 1 unspecified atom stereocenters. The van der Waals surface area contributed by atoms with E-state index in [1.165, 1.54) is 28.2 Å². The van der Waals surface area contributed by atoms with Crippen LogP contribution in [0.15, 0.2) is 6.07 Å². The Morgan fingerprint density at radius 1 is 1.35 bits per heavy atom. The molecule has 1 heterocycles. The molecule has 0 saturated heterocycles. The Kier molecular flexibility index (Phi) is 8.26. The number of rotatable bonds is 9. The van der Waals surface area contributed by atoms with Crippen molar-refractivity contribution in [2.24, 2.45) is 5.73 Å². The summed E-state index contributed by atoms with van der Waals surface area (Å²) in [6.45, 7) is 4.82. The van der Waals surface area contributed by atoms with Crippen LogP contribution in [0.4, 0.5) is 0 Å². The fourth-order valence-corrected chi connectivity index (χ4v) is 3.18. The van der Waals surface area contributed by atoms with E-state index in [1.807, 2.05) is 11.3 Å². The number of thiol groups is 1. The van der Waals surface area contributed by atoms with Crippen molar-refractivity contribution in [3.8, 4) is 0 Å². The van der Waals surface area contributed by atoms with Gasteiger partial charge in [0.2, 0.25) is 0 Å². The van der Waals surface area contributed by atoms with E-state index in [1.54, 1.807) is 0 Å². The second-order valence-corrected chi connectivity index (χ2v) is 6.88. The zero-order valence-corrected chi connectivity index (χ0v) is 14.1. The minimum Gasteiger partial charge on any atom is -0.465 e. The predicted octanol–water partition coefficient (Wildman–Crippen LogP) is 3.27. The summed E-state index contributed by atoms with van der Waals surface area (Å²) in [5, 5.41) is 0. The van der Waals surface area contributed by atoms with Crippen LogP contribution in [0, 0.1) is 13.8 Å². The van der Waals surface area contributed by atoms with E-state index in [2.05, 4.69) is 32.5 Å². The minimum atomic E-state index is -0.594. The number of carbonyl (C=O) groups excluding carboxylic acids is 1. The fourth-order valence-electron chi connectivity index (χ4n) is 2.06. The summed E-state index contributed by atoms with van der Waals surface area (Å²) < 4.78 is 5.07. The zero-order chi connectivity index (χ0) is 15.0. The van der Waals surface area contributed by atoms with E-state index >= 15 is 0 Å². The van der Waals surface area contributed by atoms with Crippen LogP contribution >= 0.6 is 24.0 Å². The number of carbonyl (C=O) groups is 1. The number of aryl methyl sites for hydroxylation is 3. The molecular formula is C15H25NO2S2. The summed E-state index contributed by atoms with van der Waals surface area (Å²) >= 11 is 5.84. The maximum absolute atomic E-state index is 11.3. The molecule has 0 amide bonds. The van der Waals surface area contributed by atoms with Crippen LogP contribution in [0.3, 0.4) is 0 Å². The highest BCUT2D eigenvalue weighted by Gasteiger charge is 2.12. The average Bonchev–Trinajstić information content (AvgIpc) is 2.74. The van der Waals surface area contributed by atoms with Gasteiger partial charge < -0.3 is 10.5 Å². The van der Waals surface area contributed by atoms with E-state index in [0.29, 0.717) is 12.4 Å². The van der Waals surface area contributed by atoms with Crippen molar-refractivity contribution in [3.63, 3.8) is 0 Å². The molecule has 1 atom stereocenters. The van der Waals surface area contributed by atoms with Crippen molar-refractivity contribution < 1.29 is 9.53 Å². The van der Waals surface area contributed by atoms with Gasteiger partial charge in [0, 0.05) is 15.5 Å². The molecule has 0 aromatic carbocycles. The summed E-state index contributed by atoms with van der Waals surface area (Å²) in [5.41, 5.74) is 6.99. The highest BCUT2D eigenvalue weighted by atomic mass is 32.1. The highest BCUT2D eigenvalue weighted by molar-refractivity contribution is 7.80. The van der Waals surface area contributed by atoms with Crippen molar-refractivity contribution in [1.29, 1.82) is 0 Å². The van der Waals surface area contributed by atoms with Crippen molar-refractivity contribution in [2.45, 2.75) is 52.0 Å². The largest absolute Gasteiger partial charge is 0.465 e. The normalized spacial score (nSPS) is 12.4. The molecule has 114 valence electrons. The molecule has 1 rings (SSSR count). The van der Waals surface area contributed by atoms with Crippen molar-refractivity contribution in [2.75, 3.05) is 12.4 Å². The predicted molar refractivity (Wildman–Crippen MR) is 88.8 cm³/mol. The summed E-state index contributed by atoms with van der Waals surface area (Å²) in [4.78, 5) is 14.1. The Hall–Kier alpha value is -0.520. The van der Waals surface area contributed by atoms with Gasteiger partial charge in [-0.05, 0) is 44.7 Å². The highest BCUT2D eigenvalue weighted by Crippen LogP contribution is 2.22. The summed E-state index contributed by atoms with van der Waals surface area (Å²) in [6.07, 6.45) is 5.52. The molecule has 0 radical (unpaired) electrons. The lowest BCUT2D eigenvalue weighted by molar-refractivity contribution is -0.144. The fraction of sp³-hybridized carbons (Fsp3) is 0.667. The molecule has 5 heteroatoms. The lowest BCUT2D eigenvalue weighted by atomic mass is 10.1. The van der Waals surface area contributed by atoms with Gasteiger partial charge in [0.25, 0.3) is 0 Å². The molecule has 0 aliphatic carbocycles. The number of thiophene rings is 1. The smallest absolute Gasteiger partial charge is 0.323 e. The van der Waals surface area contributed by atoms with Gasteiger partial charge >= 0.3 is 5.97 Å². The molecule has 0 fully saturated rings. The molecule has 2 N–H and O–H groups in total. The standard InChI is InChI=1S/C15H25NO2S2/c1-11-9-13(12(2)20-11)7-5-3-4-6-8-18-15(17)14(16)10-19/h9,14,19H,3-8,10,16H2,1-2H3. The second kappa shape index (κ2) is 9.42. The van der Waals surface area contributed by atoms with Crippen LogP contribution in [0.2, 0.25) is 0 Å². The number of esters is 1. The molecule has 0 saturated carbocycles. The molecular weight excluding hydrogens is 290 g/mol. The van der Waals surface area contributed by atoms with Crippen LogP contribution in [-0.4, -0.2) is 24.4 Å². The van der Waals surface area contributed by atoms with Gasteiger partial charge in [0.15, 0.2) is 0 Å².